The van der Waals surface area contributed by atoms with Gasteiger partial charge in [-0.05, 0) is 52.9 Å². The first kappa shape index (κ1) is 13.9. The molecule has 0 aliphatic carbocycles. The van der Waals surface area contributed by atoms with Crippen LogP contribution in [0.5, 0.6) is 0 Å². The highest BCUT2D eigenvalue weighted by Gasteiger charge is 2.26. The van der Waals surface area contributed by atoms with Crippen LogP contribution >= 0.6 is 0 Å². The first-order valence-corrected chi connectivity index (χ1v) is 6.45. The Morgan fingerprint density at radius 3 is 2.69 bits per heavy atom. The number of aliphatic hydroxyl groups excluding tert-OH is 1. The lowest BCUT2D eigenvalue weighted by Crippen LogP contribution is -2.45. The smallest absolute Gasteiger partial charge is 0.108 e. The summed E-state index contributed by atoms with van der Waals surface area (Å²) in [5.41, 5.74) is -0.0800. The monoisotopic (exact) mass is 229 g/mol. The molecule has 0 aromatic heterocycles. The van der Waals surface area contributed by atoms with Crippen molar-refractivity contribution < 1.29 is 9.84 Å². The van der Waals surface area contributed by atoms with Crippen LogP contribution in [0.25, 0.3) is 0 Å². The molecule has 0 amide bonds. The summed E-state index contributed by atoms with van der Waals surface area (Å²) in [6, 6.07) is 0. The standard InChI is InChI=1S/C13H27NO2/c1-11(16-13(2,3)4)14-8-5-6-12(10-14)7-9-15/h11-12,15H,5-10H2,1-4H3/t11?,12-/m0/s1. The van der Waals surface area contributed by atoms with Crippen molar-refractivity contribution in [1.29, 1.82) is 0 Å². The summed E-state index contributed by atoms with van der Waals surface area (Å²) < 4.78 is 5.97. The molecular formula is C13H27NO2. The van der Waals surface area contributed by atoms with Crippen molar-refractivity contribution >= 4 is 0 Å². The van der Waals surface area contributed by atoms with Gasteiger partial charge in [-0.1, -0.05) is 0 Å². The Bertz CT molecular complexity index is 199. The fourth-order valence-electron chi connectivity index (χ4n) is 2.43. The Morgan fingerprint density at radius 1 is 1.44 bits per heavy atom. The number of ether oxygens (including phenoxy) is 1. The molecule has 0 spiro atoms. The third-order valence-corrected chi connectivity index (χ3v) is 3.13. The topological polar surface area (TPSA) is 32.7 Å². The maximum absolute atomic E-state index is 8.98. The zero-order chi connectivity index (χ0) is 12.2. The van der Waals surface area contributed by atoms with E-state index in [4.69, 9.17) is 9.84 Å². The molecule has 3 heteroatoms. The highest BCUT2D eigenvalue weighted by molar-refractivity contribution is 4.75. The van der Waals surface area contributed by atoms with Gasteiger partial charge in [0, 0.05) is 19.7 Å². The zero-order valence-corrected chi connectivity index (χ0v) is 11.2. The predicted octanol–water partition coefficient (Wildman–Crippen LogP) is 2.24. The Balaban J connectivity index is 2.40. The van der Waals surface area contributed by atoms with Crippen molar-refractivity contribution in [2.45, 2.75) is 58.8 Å². The van der Waals surface area contributed by atoms with Crippen LogP contribution in [-0.4, -0.2) is 41.5 Å². The molecule has 1 fully saturated rings. The van der Waals surface area contributed by atoms with Gasteiger partial charge in [0.2, 0.25) is 0 Å². The summed E-state index contributed by atoms with van der Waals surface area (Å²) in [4.78, 5) is 2.40. The van der Waals surface area contributed by atoms with Gasteiger partial charge in [0.1, 0.15) is 6.23 Å². The second-order valence-corrected chi connectivity index (χ2v) is 5.85. The fourth-order valence-corrected chi connectivity index (χ4v) is 2.43. The number of hydrogen-bond donors (Lipinski definition) is 1. The number of likely N-dealkylation sites (tertiary alicyclic amines) is 1. The summed E-state index contributed by atoms with van der Waals surface area (Å²) in [7, 11) is 0. The van der Waals surface area contributed by atoms with Gasteiger partial charge in [0.15, 0.2) is 0 Å². The highest BCUT2D eigenvalue weighted by atomic mass is 16.5. The van der Waals surface area contributed by atoms with E-state index in [2.05, 4.69) is 32.6 Å². The van der Waals surface area contributed by atoms with Crippen LogP contribution in [-0.2, 0) is 4.74 Å². The van der Waals surface area contributed by atoms with Crippen LogP contribution in [0.3, 0.4) is 0 Å². The lowest BCUT2D eigenvalue weighted by molar-refractivity contribution is -0.133. The lowest BCUT2D eigenvalue weighted by atomic mass is 9.95. The van der Waals surface area contributed by atoms with E-state index in [9.17, 15) is 0 Å². The van der Waals surface area contributed by atoms with Gasteiger partial charge in [-0.3, -0.25) is 4.90 Å². The van der Waals surface area contributed by atoms with E-state index in [0.29, 0.717) is 12.5 Å². The zero-order valence-electron chi connectivity index (χ0n) is 11.2. The molecule has 1 saturated heterocycles. The van der Waals surface area contributed by atoms with E-state index in [1.54, 1.807) is 0 Å². The van der Waals surface area contributed by atoms with Gasteiger partial charge in [-0.25, -0.2) is 0 Å². The fraction of sp³-hybridized carbons (Fsp3) is 1.00. The predicted molar refractivity (Wildman–Crippen MR) is 66.3 cm³/mol. The molecule has 0 aromatic rings. The third-order valence-electron chi connectivity index (χ3n) is 3.13. The molecule has 1 aliphatic rings. The van der Waals surface area contributed by atoms with Crippen LogP contribution in [0.4, 0.5) is 0 Å². The first-order valence-electron chi connectivity index (χ1n) is 6.45. The Labute approximate surface area is 99.8 Å². The van der Waals surface area contributed by atoms with Crippen molar-refractivity contribution in [2.24, 2.45) is 5.92 Å². The molecule has 0 aromatic carbocycles. The number of nitrogens with zero attached hydrogens (tertiary/aromatic N) is 1. The van der Waals surface area contributed by atoms with Crippen molar-refractivity contribution in [2.75, 3.05) is 19.7 Å². The molecule has 16 heavy (non-hydrogen) atoms. The normalized spacial score (nSPS) is 25.7. The number of piperidine rings is 1. The molecular weight excluding hydrogens is 202 g/mol. The van der Waals surface area contributed by atoms with Gasteiger partial charge in [0.25, 0.3) is 0 Å². The second kappa shape index (κ2) is 5.99. The second-order valence-electron chi connectivity index (χ2n) is 5.85. The molecule has 0 saturated carbocycles. The lowest BCUT2D eigenvalue weighted by Gasteiger charge is -2.39. The summed E-state index contributed by atoms with van der Waals surface area (Å²) in [5.74, 6) is 0.643. The van der Waals surface area contributed by atoms with Crippen LogP contribution in [0, 0.1) is 5.92 Å². The van der Waals surface area contributed by atoms with E-state index in [-0.39, 0.29) is 11.8 Å². The average Bonchev–Trinajstić information content (AvgIpc) is 2.16. The number of rotatable bonds is 4. The van der Waals surface area contributed by atoms with Gasteiger partial charge in [-0.15, -0.1) is 0 Å². The molecule has 1 rings (SSSR count). The number of hydrogen-bond acceptors (Lipinski definition) is 3. The molecule has 3 nitrogen and oxygen atoms in total. The van der Waals surface area contributed by atoms with Gasteiger partial charge < -0.3 is 9.84 Å². The van der Waals surface area contributed by atoms with Gasteiger partial charge >= 0.3 is 0 Å². The van der Waals surface area contributed by atoms with Gasteiger partial charge in [-0.2, -0.15) is 0 Å². The number of aliphatic hydroxyl groups is 1. The highest BCUT2D eigenvalue weighted by Crippen LogP contribution is 2.23. The summed E-state index contributed by atoms with van der Waals surface area (Å²) >= 11 is 0. The van der Waals surface area contributed by atoms with E-state index >= 15 is 0 Å². The van der Waals surface area contributed by atoms with E-state index < -0.39 is 0 Å². The molecule has 1 heterocycles. The molecule has 0 radical (unpaired) electrons. The molecule has 96 valence electrons. The van der Waals surface area contributed by atoms with Crippen molar-refractivity contribution in [1.82, 2.24) is 4.90 Å². The quantitative estimate of drug-likeness (QED) is 0.802. The van der Waals surface area contributed by atoms with Crippen molar-refractivity contribution in [3.63, 3.8) is 0 Å². The minimum absolute atomic E-state index is 0.0800. The Kier molecular flexibility index (Phi) is 5.22. The Hall–Kier alpha value is -0.120. The molecule has 0 bridgehead atoms. The van der Waals surface area contributed by atoms with Crippen LogP contribution in [0.15, 0.2) is 0 Å². The summed E-state index contributed by atoms with van der Waals surface area (Å²) in [5, 5.41) is 8.98. The third kappa shape index (κ3) is 4.81. The van der Waals surface area contributed by atoms with Crippen LogP contribution < -0.4 is 0 Å². The van der Waals surface area contributed by atoms with E-state index in [0.717, 1.165) is 19.5 Å². The molecule has 1 unspecified atom stereocenters. The van der Waals surface area contributed by atoms with Crippen molar-refractivity contribution in [3.8, 4) is 0 Å². The van der Waals surface area contributed by atoms with E-state index in [1.165, 1.54) is 12.8 Å². The summed E-state index contributed by atoms with van der Waals surface area (Å²) in [6.45, 7) is 10.9. The maximum atomic E-state index is 8.98. The van der Waals surface area contributed by atoms with Crippen LogP contribution in [0.1, 0.15) is 47.0 Å². The molecule has 1 N–H and O–H groups in total. The van der Waals surface area contributed by atoms with E-state index in [1.807, 2.05) is 0 Å². The Morgan fingerprint density at radius 2 is 2.12 bits per heavy atom. The largest absolute Gasteiger partial charge is 0.396 e. The van der Waals surface area contributed by atoms with Crippen molar-refractivity contribution in [3.05, 3.63) is 0 Å². The average molecular weight is 229 g/mol. The summed E-state index contributed by atoms with van der Waals surface area (Å²) in [6.07, 6.45) is 3.59. The molecule has 2 atom stereocenters. The maximum Gasteiger partial charge on any atom is 0.108 e. The first-order chi connectivity index (χ1) is 7.42. The van der Waals surface area contributed by atoms with Crippen LogP contribution in [0.2, 0.25) is 0 Å². The minimum atomic E-state index is -0.0800. The SMILES string of the molecule is CC(OC(C)(C)C)N1CCC[C@@H](CCO)C1. The van der Waals surface area contributed by atoms with Gasteiger partial charge in [0.05, 0.1) is 5.60 Å². The minimum Gasteiger partial charge on any atom is -0.396 e. The molecule has 1 aliphatic heterocycles.